The zero-order valence-electron chi connectivity index (χ0n) is 40.0. The summed E-state index contributed by atoms with van der Waals surface area (Å²) in [6.07, 6.45) is 20.5. The van der Waals surface area contributed by atoms with Crippen molar-refractivity contribution >= 4 is 46.8 Å². The maximum absolute atomic E-state index is 14.3. The normalized spacial score (nSPS) is 18.0. The summed E-state index contributed by atoms with van der Waals surface area (Å²) in [6.45, 7) is 10.8. The Morgan fingerprint density at radius 3 is 1.48 bits per heavy atom. The maximum Gasteiger partial charge on any atom is 0.266 e. The second-order valence-electron chi connectivity index (χ2n) is 18.8. The van der Waals surface area contributed by atoms with Crippen LogP contribution in [0.15, 0.2) is 72.8 Å². The van der Waals surface area contributed by atoms with Crippen molar-refractivity contribution in [2.45, 2.75) is 144 Å². The first kappa shape index (κ1) is 47.3. The van der Waals surface area contributed by atoms with Crippen molar-refractivity contribution in [2.75, 3.05) is 16.3 Å². The lowest BCUT2D eigenvalue weighted by molar-refractivity contribution is -0.120. The third-order valence-corrected chi connectivity index (χ3v) is 14.7. The monoisotopic (exact) mass is 903 g/mol. The molecule has 1 fully saturated rings. The zero-order chi connectivity index (χ0) is 47.4. The molecule has 3 aliphatic heterocycles. The minimum absolute atomic E-state index is 0.230. The van der Waals surface area contributed by atoms with E-state index in [2.05, 4.69) is 31.2 Å². The number of rotatable bonds is 20. The number of amides is 6. The van der Waals surface area contributed by atoms with Gasteiger partial charge in [-0.1, -0.05) is 130 Å². The largest absolute Gasteiger partial charge is 0.457 e. The molecule has 0 spiro atoms. The van der Waals surface area contributed by atoms with Gasteiger partial charge >= 0.3 is 0 Å². The number of benzene rings is 4. The quantitative estimate of drug-likeness (QED) is 0.0639. The standard InChI is InChI=1S/C57H65N3O7/c1-6-38-19-16-17-21-43(38)20-15-13-11-12-14-18-28-58-54(63)46-24-22-44(34-48(46)55(58)64)67-45-23-25-47-49(35-45)57(66)60(56(47)65)53-41(9-4)32-37(33-42(53)10-5)29-36-30-39(7-2)52(40(8-3)31-36)59-50(61)26-27-51(59)62/h22-27,30-35,38,43H,6-21,28-29H2,1-5H3. The fourth-order valence-electron chi connectivity index (χ4n) is 11.1. The van der Waals surface area contributed by atoms with Gasteiger partial charge in [-0.2, -0.15) is 0 Å². The molecule has 67 heavy (non-hydrogen) atoms. The van der Waals surface area contributed by atoms with Gasteiger partial charge in [-0.15, -0.1) is 0 Å². The Labute approximate surface area is 395 Å². The number of anilines is 2. The first-order valence-electron chi connectivity index (χ1n) is 25.1. The average Bonchev–Trinajstić information content (AvgIpc) is 3.89. The van der Waals surface area contributed by atoms with Crippen LogP contribution in [0.4, 0.5) is 11.4 Å². The molecule has 4 aromatic carbocycles. The molecule has 350 valence electrons. The number of aryl methyl sites for hydroxylation is 4. The molecule has 10 nitrogen and oxygen atoms in total. The summed E-state index contributed by atoms with van der Waals surface area (Å²) in [5.41, 5.74) is 8.13. The minimum atomic E-state index is -0.436. The Bertz CT molecular complexity index is 2580. The van der Waals surface area contributed by atoms with Crippen molar-refractivity contribution in [1.29, 1.82) is 0 Å². The number of carbonyl (C=O) groups excluding carboxylic acids is 6. The van der Waals surface area contributed by atoms with Crippen LogP contribution in [0.2, 0.25) is 0 Å². The van der Waals surface area contributed by atoms with Gasteiger partial charge in [0.05, 0.1) is 33.6 Å². The fraction of sp³-hybridized carbons (Fsp3) is 0.439. The van der Waals surface area contributed by atoms with Gasteiger partial charge < -0.3 is 4.74 Å². The summed E-state index contributed by atoms with van der Waals surface area (Å²) in [6, 6.07) is 18.0. The van der Waals surface area contributed by atoms with Crippen molar-refractivity contribution < 1.29 is 33.5 Å². The Balaban J connectivity index is 0.910. The topological polar surface area (TPSA) is 121 Å². The molecule has 3 heterocycles. The number of unbranched alkanes of at least 4 members (excludes halogenated alkanes) is 5. The van der Waals surface area contributed by atoms with Gasteiger partial charge in [0.2, 0.25) is 0 Å². The number of fused-ring (bicyclic) bond motifs is 2. The number of nitrogens with zero attached hydrogens (tertiary/aromatic N) is 3. The molecular formula is C57H65N3O7. The molecule has 0 bridgehead atoms. The molecule has 10 heteroatoms. The molecular weight excluding hydrogens is 839 g/mol. The van der Waals surface area contributed by atoms with Gasteiger partial charge in [-0.25, -0.2) is 9.80 Å². The number of hydrogen-bond acceptors (Lipinski definition) is 7. The van der Waals surface area contributed by atoms with Crippen molar-refractivity contribution in [2.24, 2.45) is 11.8 Å². The van der Waals surface area contributed by atoms with Crippen molar-refractivity contribution in [3.8, 4) is 11.5 Å². The molecule has 1 aliphatic carbocycles. The van der Waals surface area contributed by atoms with Gasteiger partial charge in [-0.05, 0) is 120 Å². The molecule has 6 amide bonds. The van der Waals surface area contributed by atoms with Crippen LogP contribution >= 0.6 is 0 Å². The highest BCUT2D eigenvalue weighted by Crippen LogP contribution is 2.40. The Kier molecular flexibility index (Phi) is 14.7. The smallest absolute Gasteiger partial charge is 0.266 e. The molecule has 0 N–H and O–H groups in total. The Morgan fingerprint density at radius 1 is 0.493 bits per heavy atom. The van der Waals surface area contributed by atoms with Gasteiger partial charge in [0.15, 0.2) is 0 Å². The number of hydrogen-bond donors (Lipinski definition) is 0. The lowest BCUT2D eigenvalue weighted by Gasteiger charge is -2.30. The van der Waals surface area contributed by atoms with E-state index in [-0.39, 0.29) is 34.8 Å². The van der Waals surface area contributed by atoms with E-state index in [0.717, 1.165) is 64.5 Å². The number of imide groups is 3. The molecule has 0 radical (unpaired) electrons. The van der Waals surface area contributed by atoms with E-state index in [0.29, 0.717) is 72.6 Å². The molecule has 1 saturated carbocycles. The second kappa shape index (κ2) is 20.8. The van der Waals surface area contributed by atoms with Crippen LogP contribution < -0.4 is 14.5 Å². The van der Waals surface area contributed by atoms with Crippen LogP contribution in [0.25, 0.3) is 0 Å². The molecule has 0 saturated heterocycles. The highest BCUT2D eigenvalue weighted by Gasteiger charge is 2.40. The zero-order valence-corrected chi connectivity index (χ0v) is 40.0. The van der Waals surface area contributed by atoms with E-state index in [4.69, 9.17) is 4.74 Å². The van der Waals surface area contributed by atoms with Crippen LogP contribution in [0.5, 0.6) is 11.5 Å². The lowest BCUT2D eigenvalue weighted by atomic mass is 9.75. The first-order valence-corrected chi connectivity index (χ1v) is 25.1. The van der Waals surface area contributed by atoms with Crippen LogP contribution in [0, 0.1) is 11.8 Å². The molecule has 0 aromatic heterocycles. The van der Waals surface area contributed by atoms with E-state index < -0.39 is 11.8 Å². The van der Waals surface area contributed by atoms with Crippen LogP contribution in [-0.4, -0.2) is 46.9 Å². The molecule has 8 rings (SSSR count). The Hall–Kier alpha value is -6.16. The van der Waals surface area contributed by atoms with E-state index in [1.807, 2.05) is 27.7 Å². The summed E-state index contributed by atoms with van der Waals surface area (Å²) >= 11 is 0. The summed E-state index contributed by atoms with van der Waals surface area (Å²) in [7, 11) is 0. The summed E-state index contributed by atoms with van der Waals surface area (Å²) < 4.78 is 6.21. The van der Waals surface area contributed by atoms with Crippen molar-refractivity contribution in [3.05, 3.63) is 128 Å². The van der Waals surface area contributed by atoms with E-state index in [1.165, 1.54) is 84.6 Å². The van der Waals surface area contributed by atoms with Crippen molar-refractivity contribution in [3.63, 3.8) is 0 Å². The van der Waals surface area contributed by atoms with Crippen LogP contribution in [0.1, 0.15) is 186 Å². The van der Waals surface area contributed by atoms with E-state index in [9.17, 15) is 28.8 Å². The third-order valence-electron chi connectivity index (χ3n) is 14.7. The minimum Gasteiger partial charge on any atom is -0.457 e. The maximum atomic E-state index is 14.3. The summed E-state index contributed by atoms with van der Waals surface area (Å²) in [4.78, 5) is 84.5. The summed E-state index contributed by atoms with van der Waals surface area (Å²) in [5, 5.41) is 0. The number of ether oxygens (including phenoxy) is 1. The third kappa shape index (κ3) is 9.54. The average molecular weight is 904 g/mol. The summed E-state index contributed by atoms with van der Waals surface area (Å²) in [5.74, 6) is 0.408. The van der Waals surface area contributed by atoms with E-state index in [1.54, 1.807) is 36.4 Å². The lowest BCUT2D eigenvalue weighted by Crippen LogP contribution is -2.31. The molecule has 4 aliphatic rings. The molecule has 2 atom stereocenters. The van der Waals surface area contributed by atoms with Gasteiger partial charge in [0.25, 0.3) is 35.4 Å². The van der Waals surface area contributed by atoms with Gasteiger partial charge in [0.1, 0.15) is 11.5 Å². The van der Waals surface area contributed by atoms with Gasteiger partial charge in [-0.3, -0.25) is 33.7 Å². The molecule has 4 aromatic rings. The van der Waals surface area contributed by atoms with Crippen LogP contribution in [-0.2, 0) is 41.7 Å². The SMILES string of the molecule is CCc1cc(Cc2cc(CC)c(N3C(=O)c4ccc(Oc5ccc6c(c5)C(=O)N(CCCCCCCCC5CCCCC5CC)C6=O)cc4C3=O)c(CC)c2)cc(CC)c1N1C(=O)C=CC1=O. The van der Waals surface area contributed by atoms with Crippen molar-refractivity contribution in [1.82, 2.24) is 4.90 Å². The first-order chi connectivity index (χ1) is 32.5. The highest BCUT2D eigenvalue weighted by atomic mass is 16.5. The predicted molar refractivity (Wildman–Crippen MR) is 262 cm³/mol. The second-order valence-corrected chi connectivity index (χ2v) is 18.8. The van der Waals surface area contributed by atoms with Crippen LogP contribution in [0.3, 0.4) is 0 Å². The molecule has 2 unspecified atom stereocenters. The number of carbonyl (C=O) groups is 6. The highest BCUT2D eigenvalue weighted by molar-refractivity contribution is 6.35. The van der Waals surface area contributed by atoms with Gasteiger partial charge in [0, 0.05) is 18.7 Å². The fourth-order valence-corrected chi connectivity index (χ4v) is 11.1. The van der Waals surface area contributed by atoms with E-state index >= 15 is 0 Å². The predicted octanol–water partition coefficient (Wildman–Crippen LogP) is 12.1. The Morgan fingerprint density at radius 2 is 0.940 bits per heavy atom.